The lowest BCUT2D eigenvalue weighted by molar-refractivity contribution is 0.0975. The van der Waals surface area contributed by atoms with E-state index in [1.165, 1.54) is 0 Å². The Hall–Kier alpha value is -1.96. The van der Waals surface area contributed by atoms with Crippen LogP contribution in [-0.2, 0) is 6.54 Å². The van der Waals surface area contributed by atoms with Crippen LogP contribution in [0.5, 0.6) is 0 Å². The molecule has 0 aliphatic heterocycles. The number of rotatable bonds is 7. The maximum atomic E-state index is 13.2. The van der Waals surface area contributed by atoms with E-state index in [1.807, 2.05) is 45.3 Å². The molecule has 0 bridgehead atoms. The van der Waals surface area contributed by atoms with Crippen molar-refractivity contribution in [2.45, 2.75) is 19.9 Å². The van der Waals surface area contributed by atoms with E-state index in [1.54, 1.807) is 33.2 Å². The third-order valence-corrected chi connectivity index (χ3v) is 5.04. The van der Waals surface area contributed by atoms with E-state index >= 15 is 0 Å². The van der Waals surface area contributed by atoms with Gasteiger partial charge < -0.3 is 4.90 Å². The van der Waals surface area contributed by atoms with Gasteiger partial charge in [-0.25, -0.2) is 4.98 Å². The number of nitrogens with zero attached hydrogens (tertiary/aromatic N) is 5. The van der Waals surface area contributed by atoms with Crippen LogP contribution in [0.25, 0.3) is 10.2 Å². The first kappa shape index (κ1) is 20.4. The molecule has 2 aromatic heterocycles. The van der Waals surface area contributed by atoms with Gasteiger partial charge in [0.05, 0.1) is 10.2 Å². The Balaban J connectivity index is 0.00000243. The average molecular weight is 394 g/mol. The van der Waals surface area contributed by atoms with Crippen molar-refractivity contribution in [1.82, 2.24) is 19.7 Å². The normalized spacial score (nSPS) is 10.9. The maximum absolute atomic E-state index is 13.2. The first-order chi connectivity index (χ1) is 12.1. The Morgan fingerprint density at radius 3 is 2.65 bits per heavy atom. The van der Waals surface area contributed by atoms with Gasteiger partial charge in [0, 0.05) is 19.3 Å². The van der Waals surface area contributed by atoms with Crippen molar-refractivity contribution in [3.63, 3.8) is 0 Å². The Morgan fingerprint density at radius 2 is 1.96 bits per heavy atom. The van der Waals surface area contributed by atoms with Crippen molar-refractivity contribution in [2.24, 2.45) is 0 Å². The molecule has 0 fully saturated rings. The number of fused-ring (bicyclic) bond motifs is 1. The fraction of sp³-hybridized carbons (Fsp3) is 0.389. The lowest BCUT2D eigenvalue weighted by atomic mass is 10.3. The van der Waals surface area contributed by atoms with Crippen LogP contribution in [0.15, 0.2) is 36.5 Å². The van der Waals surface area contributed by atoms with Crippen molar-refractivity contribution < 1.29 is 4.79 Å². The van der Waals surface area contributed by atoms with E-state index < -0.39 is 0 Å². The van der Waals surface area contributed by atoms with E-state index in [0.29, 0.717) is 18.8 Å². The van der Waals surface area contributed by atoms with Crippen LogP contribution in [0.1, 0.15) is 23.8 Å². The number of halogens is 1. The van der Waals surface area contributed by atoms with Crippen molar-refractivity contribution in [3.8, 4) is 0 Å². The fourth-order valence-electron chi connectivity index (χ4n) is 2.71. The second kappa shape index (κ2) is 9.12. The third-order valence-electron chi connectivity index (χ3n) is 3.98. The van der Waals surface area contributed by atoms with E-state index in [2.05, 4.69) is 15.0 Å². The van der Waals surface area contributed by atoms with Crippen LogP contribution in [0.4, 0.5) is 5.13 Å². The third kappa shape index (κ3) is 4.41. The van der Waals surface area contributed by atoms with Crippen LogP contribution >= 0.6 is 23.7 Å². The summed E-state index contributed by atoms with van der Waals surface area (Å²) in [6, 6.07) is 9.76. The Bertz CT molecular complexity index is 827. The summed E-state index contributed by atoms with van der Waals surface area (Å²) in [5.74, 6) is -0.0443. The quantitative estimate of drug-likeness (QED) is 0.616. The maximum Gasteiger partial charge on any atom is 0.278 e. The van der Waals surface area contributed by atoms with E-state index in [-0.39, 0.29) is 18.3 Å². The summed E-state index contributed by atoms with van der Waals surface area (Å²) in [7, 11) is 4.08. The van der Waals surface area contributed by atoms with Crippen molar-refractivity contribution >= 4 is 45.0 Å². The summed E-state index contributed by atoms with van der Waals surface area (Å²) in [5.41, 5.74) is 1.53. The smallest absolute Gasteiger partial charge is 0.278 e. The molecule has 0 aliphatic carbocycles. The zero-order chi connectivity index (χ0) is 17.8. The van der Waals surface area contributed by atoms with Crippen LogP contribution in [0.2, 0.25) is 0 Å². The van der Waals surface area contributed by atoms with Gasteiger partial charge in [-0.2, -0.15) is 5.10 Å². The predicted molar refractivity (Wildman–Crippen MR) is 110 cm³/mol. The Morgan fingerprint density at radius 1 is 1.19 bits per heavy atom. The molecule has 0 aliphatic rings. The molecule has 2 heterocycles. The number of para-hydroxylation sites is 1. The minimum atomic E-state index is -0.0443. The first-order valence-electron chi connectivity index (χ1n) is 8.44. The Labute approximate surface area is 163 Å². The van der Waals surface area contributed by atoms with E-state index in [0.717, 1.165) is 28.3 Å². The van der Waals surface area contributed by atoms with Gasteiger partial charge >= 0.3 is 0 Å². The SMILES string of the molecule is CCn1nccc1C(=O)N(CCCN(C)C)c1nc2ccccc2s1.Cl. The van der Waals surface area contributed by atoms with Crippen molar-refractivity contribution in [1.29, 1.82) is 0 Å². The molecule has 3 aromatic rings. The summed E-state index contributed by atoms with van der Waals surface area (Å²) >= 11 is 1.55. The zero-order valence-corrected chi connectivity index (χ0v) is 16.9. The molecule has 0 saturated carbocycles. The molecule has 1 amide bonds. The summed E-state index contributed by atoms with van der Waals surface area (Å²) in [4.78, 5) is 21.7. The lowest BCUT2D eigenvalue weighted by Crippen LogP contribution is -2.34. The van der Waals surface area contributed by atoms with Gasteiger partial charge in [-0.05, 0) is 52.2 Å². The minimum Gasteiger partial charge on any atom is -0.309 e. The molecule has 0 atom stereocenters. The molecule has 0 N–H and O–H groups in total. The second-order valence-corrected chi connectivity index (χ2v) is 7.12. The molecule has 0 unspecified atom stereocenters. The van der Waals surface area contributed by atoms with Gasteiger partial charge in [0.15, 0.2) is 5.13 Å². The molecule has 140 valence electrons. The van der Waals surface area contributed by atoms with Crippen LogP contribution < -0.4 is 4.90 Å². The topological polar surface area (TPSA) is 54.3 Å². The van der Waals surface area contributed by atoms with Crippen molar-refractivity contribution in [3.05, 3.63) is 42.2 Å². The number of aryl methyl sites for hydroxylation is 1. The molecule has 1 aromatic carbocycles. The molecular formula is C18H24ClN5OS. The molecule has 0 spiro atoms. The average Bonchev–Trinajstić information content (AvgIpc) is 3.23. The number of hydrogen-bond acceptors (Lipinski definition) is 5. The van der Waals surface area contributed by atoms with Crippen molar-refractivity contribution in [2.75, 3.05) is 32.1 Å². The number of amides is 1. The minimum absolute atomic E-state index is 0. The van der Waals surface area contributed by atoms with E-state index in [9.17, 15) is 4.79 Å². The summed E-state index contributed by atoms with van der Waals surface area (Å²) < 4.78 is 2.82. The van der Waals surface area contributed by atoms with Gasteiger partial charge in [0.1, 0.15) is 5.69 Å². The monoisotopic (exact) mass is 393 g/mol. The number of aromatic nitrogens is 3. The molecular weight excluding hydrogens is 370 g/mol. The fourth-order valence-corrected chi connectivity index (χ4v) is 3.70. The van der Waals surface area contributed by atoms with Gasteiger partial charge in [0.25, 0.3) is 5.91 Å². The highest BCUT2D eigenvalue weighted by molar-refractivity contribution is 7.22. The molecule has 8 heteroatoms. The number of carbonyl (C=O) groups excluding carboxylic acids is 1. The molecule has 6 nitrogen and oxygen atoms in total. The van der Waals surface area contributed by atoms with Crippen LogP contribution in [-0.4, -0.2) is 52.8 Å². The molecule has 26 heavy (non-hydrogen) atoms. The largest absolute Gasteiger partial charge is 0.309 e. The number of thiazole rings is 1. The second-order valence-electron chi connectivity index (χ2n) is 6.11. The predicted octanol–water partition coefficient (Wildman–Crippen LogP) is 3.53. The number of hydrogen-bond donors (Lipinski definition) is 0. The number of anilines is 1. The standard InChI is InChI=1S/C18H23N5OS.ClH/c1-4-23-15(10-11-19-23)17(24)22(13-7-12-21(2)3)18-20-14-8-5-6-9-16(14)25-18;/h5-6,8-11H,4,7,12-13H2,1-3H3;1H. The van der Waals surface area contributed by atoms with Gasteiger partial charge in [0.2, 0.25) is 0 Å². The Kier molecular flexibility index (Phi) is 7.14. The molecule has 3 rings (SSSR count). The highest BCUT2D eigenvalue weighted by Crippen LogP contribution is 2.29. The first-order valence-corrected chi connectivity index (χ1v) is 9.25. The van der Waals surface area contributed by atoms with Gasteiger partial charge in [-0.15, -0.1) is 12.4 Å². The highest BCUT2D eigenvalue weighted by atomic mass is 35.5. The van der Waals surface area contributed by atoms with Gasteiger partial charge in [-0.3, -0.25) is 14.4 Å². The summed E-state index contributed by atoms with van der Waals surface area (Å²) in [6.07, 6.45) is 2.56. The lowest BCUT2D eigenvalue weighted by Gasteiger charge is -2.21. The number of benzene rings is 1. The zero-order valence-electron chi connectivity index (χ0n) is 15.3. The van der Waals surface area contributed by atoms with Crippen LogP contribution in [0, 0.1) is 0 Å². The highest BCUT2D eigenvalue weighted by Gasteiger charge is 2.23. The van der Waals surface area contributed by atoms with E-state index in [4.69, 9.17) is 0 Å². The summed E-state index contributed by atoms with van der Waals surface area (Å²) in [5, 5.41) is 4.97. The summed E-state index contributed by atoms with van der Waals surface area (Å²) in [6.45, 7) is 4.20. The number of carbonyl (C=O) groups is 1. The molecule has 0 saturated heterocycles. The molecule has 0 radical (unpaired) electrons. The van der Waals surface area contributed by atoms with Gasteiger partial charge in [-0.1, -0.05) is 23.5 Å². The van der Waals surface area contributed by atoms with Crippen LogP contribution in [0.3, 0.4) is 0 Å².